The molecular weight excluding hydrogens is 228 g/mol. The van der Waals surface area contributed by atoms with Gasteiger partial charge in [0.25, 0.3) is 0 Å². The van der Waals surface area contributed by atoms with E-state index in [2.05, 4.69) is 31.1 Å². The van der Waals surface area contributed by atoms with Gasteiger partial charge < -0.3 is 5.32 Å². The van der Waals surface area contributed by atoms with E-state index in [1.165, 1.54) is 43.7 Å². The van der Waals surface area contributed by atoms with Crippen LogP contribution in [0.1, 0.15) is 59.3 Å². The van der Waals surface area contributed by atoms with Crippen molar-refractivity contribution < 1.29 is 0 Å². The van der Waals surface area contributed by atoms with Crippen LogP contribution < -0.4 is 5.32 Å². The molecule has 17 heavy (non-hydrogen) atoms. The first-order valence-electron chi connectivity index (χ1n) is 7.07. The second-order valence-electron chi connectivity index (χ2n) is 6.26. The number of thioether (sulfide) groups is 1. The van der Waals surface area contributed by atoms with Gasteiger partial charge in [0.15, 0.2) is 5.17 Å². The van der Waals surface area contributed by atoms with Gasteiger partial charge in [0, 0.05) is 11.3 Å². The van der Waals surface area contributed by atoms with Crippen LogP contribution in [-0.4, -0.2) is 23.0 Å². The largest absolute Gasteiger partial charge is 0.362 e. The van der Waals surface area contributed by atoms with E-state index in [4.69, 9.17) is 0 Å². The Morgan fingerprint density at radius 1 is 1.35 bits per heavy atom. The molecule has 0 radical (unpaired) electrons. The Kier molecular flexibility index (Phi) is 4.40. The van der Waals surface area contributed by atoms with E-state index in [0.717, 1.165) is 11.8 Å². The lowest BCUT2D eigenvalue weighted by molar-refractivity contribution is 0.217. The highest BCUT2D eigenvalue weighted by atomic mass is 32.2. The van der Waals surface area contributed by atoms with Gasteiger partial charge in [-0.3, -0.25) is 4.99 Å². The zero-order chi connectivity index (χ0) is 12.3. The van der Waals surface area contributed by atoms with Gasteiger partial charge in [0.1, 0.15) is 0 Å². The predicted molar refractivity (Wildman–Crippen MR) is 77.8 cm³/mol. The molecule has 0 aromatic carbocycles. The second kappa shape index (κ2) is 5.64. The van der Waals surface area contributed by atoms with E-state index in [1.807, 2.05) is 11.8 Å². The van der Waals surface area contributed by atoms with Crippen LogP contribution in [0.2, 0.25) is 0 Å². The van der Waals surface area contributed by atoms with E-state index in [9.17, 15) is 0 Å². The third kappa shape index (κ3) is 3.90. The van der Waals surface area contributed by atoms with E-state index in [-0.39, 0.29) is 0 Å². The monoisotopic (exact) mass is 254 g/mol. The van der Waals surface area contributed by atoms with Crippen molar-refractivity contribution in [3.8, 4) is 0 Å². The van der Waals surface area contributed by atoms with Crippen molar-refractivity contribution >= 4 is 16.9 Å². The molecule has 2 nitrogen and oxygen atoms in total. The molecular formula is C14H26N2S. The molecule has 0 saturated heterocycles. The number of hydrogen-bond donors (Lipinski definition) is 1. The minimum Gasteiger partial charge on any atom is -0.362 e. The molecule has 1 saturated carbocycles. The van der Waals surface area contributed by atoms with Gasteiger partial charge in [0.05, 0.1) is 6.54 Å². The van der Waals surface area contributed by atoms with Crippen molar-refractivity contribution in [3.05, 3.63) is 0 Å². The summed E-state index contributed by atoms with van der Waals surface area (Å²) in [5.74, 6) is 0. The quantitative estimate of drug-likeness (QED) is 0.828. The van der Waals surface area contributed by atoms with E-state index in [1.54, 1.807) is 0 Å². The lowest BCUT2D eigenvalue weighted by atomic mass is 9.76. The van der Waals surface area contributed by atoms with E-state index >= 15 is 0 Å². The standard InChI is InChI=1S/C14H26N2S/c1-4-5-12-10-15-13(17-12)16-11-6-8-14(2,3)9-7-11/h11-12H,4-10H2,1-3H3,(H,15,16). The average molecular weight is 254 g/mol. The van der Waals surface area contributed by atoms with Gasteiger partial charge in [-0.05, 0) is 37.5 Å². The van der Waals surface area contributed by atoms with Crippen molar-refractivity contribution in [2.24, 2.45) is 10.4 Å². The number of nitrogens with one attached hydrogen (secondary N) is 1. The van der Waals surface area contributed by atoms with Crippen molar-refractivity contribution in [3.63, 3.8) is 0 Å². The highest BCUT2D eigenvalue weighted by Gasteiger charge is 2.28. The maximum Gasteiger partial charge on any atom is 0.157 e. The highest BCUT2D eigenvalue weighted by Crippen LogP contribution is 2.35. The van der Waals surface area contributed by atoms with Crippen LogP contribution in [0.5, 0.6) is 0 Å². The minimum absolute atomic E-state index is 0.563. The molecule has 0 spiro atoms. The molecule has 1 unspecified atom stereocenters. The smallest absolute Gasteiger partial charge is 0.157 e. The number of hydrogen-bond acceptors (Lipinski definition) is 3. The minimum atomic E-state index is 0.563. The van der Waals surface area contributed by atoms with Crippen LogP contribution in [0.15, 0.2) is 4.99 Å². The summed E-state index contributed by atoms with van der Waals surface area (Å²) in [6, 6.07) is 0.676. The van der Waals surface area contributed by atoms with Crippen LogP contribution in [-0.2, 0) is 0 Å². The summed E-state index contributed by atoms with van der Waals surface area (Å²) < 4.78 is 0. The maximum absolute atomic E-state index is 4.63. The van der Waals surface area contributed by atoms with Crippen LogP contribution in [0.25, 0.3) is 0 Å². The summed E-state index contributed by atoms with van der Waals surface area (Å²) in [6.45, 7) is 8.07. The van der Waals surface area contributed by atoms with Crippen molar-refractivity contribution in [1.29, 1.82) is 0 Å². The van der Waals surface area contributed by atoms with Crippen molar-refractivity contribution in [1.82, 2.24) is 5.32 Å². The predicted octanol–water partition coefficient (Wildman–Crippen LogP) is 3.82. The summed E-state index contributed by atoms with van der Waals surface area (Å²) in [5, 5.41) is 5.61. The number of nitrogens with zero attached hydrogens (tertiary/aromatic N) is 1. The molecule has 1 atom stereocenters. The van der Waals surface area contributed by atoms with Crippen LogP contribution in [0.3, 0.4) is 0 Å². The van der Waals surface area contributed by atoms with Gasteiger partial charge in [-0.2, -0.15) is 0 Å². The molecule has 3 heteroatoms. The normalized spacial score (nSPS) is 29.1. The molecule has 1 N–H and O–H groups in total. The molecule has 98 valence electrons. The van der Waals surface area contributed by atoms with E-state index < -0.39 is 0 Å². The van der Waals surface area contributed by atoms with Crippen LogP contribution in [0, 0.1) is 5.41 Å². The summed E-state index contributed by atoms with van der Waals surface area (Å²) in [4.78, 5) is 4.63. The SMILES string of the molecule is CCCC1CN=C(NC2CCC(C)(C)CC2)S1. The Morgan fingerprint density at radius 3 is 2.71 bits per heavy atom. The Balaban J connectivity index is 1.72. The average Bonchev–Trinajstić information content (AvgIpc) is 2.70. The number of rotatable bonds is 3. The Bertz CT molecular complexity index is 276. The van der Waals surface area contributed by atoms with Crippen molar-refractivity contribution in [2.75, 3.05) is 6.54 Å². The molecule has 1 aliphatic heterocycles. The Morgan fingerprint density at radius 2 is 2.06 bits per heavy atom. The summed E-state index contributed by atoms with van der Waals surface area (Å²) in [7, 11) is 0. The molecule has 2 rings (SSSR count). The van der Waals surface area contributed by atoms with Crippen molar-refractivity contribution in [2.45, 2.75) is 70.6 Å². The highest BCUT2D eigenvalue weighted by molar-refractivity contribution is 8.14. The van der Waals surface area contributed by atoms with Gasteiger partial charge in [0.2, 0.25) is 0 Å². The molecule has 1 heterocycles. The molecule has 0 amide bonds. The second-order valence-corrected chi connectivity index (χ2v) is 7.55. The maximum atomic E-state index is 4.63. The van der Waals surface area contributed by atoms with Gasteiger partial charge >= 0.3 is 0 Å². The molecule has 0 bridgehead atoms. The fraction of sp³-hybridized carbons (Fsp3) is 0.929. The number of aliphatic imine (C=N–C) groups is 1. The zero-order valence-electron chi connectivity index (χ0n) is 11.5. The fourth-order valence-electron chi connectivity index (χ4n) is 2.69. The summed E-state index contributed by atoms with van der Waals surface area (Å²) in [6.07, 6.45) is 7.90. The Hall–Kier alpha value is -0.180. The van der Waals surface area contributed by atoms with Gasteiger partial charge in [-0.25, -0.2) is 0 Å². The lowest BCUT2D eigenvalue weighted by Crippen LogP contribution is -2.37. The first-order valence-corrected chi connectivity index (χ1v) is 7.95. The molecule has 1 aliphatic carbocycles. The van der Waals surface area contributed by atoms with Crippen LogP contribution in [0.4, 0.5) is 0 Å². The number of amidine groups is 1. The molecule has 0 aromatic rings. The van der Waals surface area contributed by atoms with Gasteiger partial charge in [-0.1, -0.05) is 39.0 Å². The third-order valence-corrected chi connectivity index (χ3v) is 5.18. The third-order valence-electron chi connectivity index (χ3n) is 3.99. The van der Waals surface area contributed by atoms with Crippen LogP contribution >= 0.6 is 11.8 Å². The van der Waals surface area contributed by atoms with E-state index in [0.29, 0.717) is 11.5 Å². The zero-order valence-corrected chi connectivity index (χ0v) is 12.3. The first-order chi connectivity index (χ1) is 8.09. The Labute approximate surface area is 110 Å². The molecule has 1 fully saturated rings. The topological polar surface area (TPSA) is 24.4 Å². The fourth-order valence-corrected chi connectivity index (χ4v) is 3.89. The van der Waals surface area contributed by atoms with Gasteiger partial charge in [-0.15, -0.1) is 0 Å². The molecule has 0 aromatic heterocycles. The first kappa shape index (κ1) is 13.3. The molecule has 2 aliphatic rings. The summed E-state index contributed by atoms with van der Waals surface area (Å²) in [5.41, 5.74) is 0.563. The summed E-state index contributed by atoms with van der Waals surface area (Å²) >= 11 is 1.97. The lowest BCUT2D eigenvalue weighted by Gasteiger charge is -2.34.